The summed E-state index contributed by atoms with van der Waals surface area (Å²) in [6, 6.07) is -0.426. The first-order valence-corrected chi connectivity index (χ1v) is 6.71. The van der Waals surface area contributed by atoms with Gasteiger partial charge in [0.1, 0.15) is 6.04 Å². The van der Waals surface area contributed by atoms with Crippen molar-refractivity contribution in [2.75, 3.05) is 7.11 Å². The molecule has 0 aromatic carbocycles. The SMILES string of the molecule is CCC(NC(=O)CC1CCCCC1N)C(=O)OC. The van der Waals surface area contributed by atoms with Gasteiger partial charge in [-0.3, -0.25) is 4.79 Å². The summed E-state index contributed by atoms with van der Waals surface area (Å²) >= 11 is 0. The van der Waals surface area contributed by atoms with E-state index < -0.39 is 12.0 Å². The van der Waals surface area contributed by atoms with Crippen LogP contribution in [0.25, 0.3) is 0 Å². The Kier molecular flexibility index (Phi) is 6.12. The van der Waals surface area contributed by atoms with Crippen LogP contribution >= 0.6 is 0 Å². The Labute approximate surface area is 108 Å². The minimum Gasteiger partial charge on any atom is -0.467 e. The first-order chi connectivity index (χ1) is 8.58. The standard InChI is InChI=1S/C13H24N2O3/c1-3-11(13(17)18-2)15-12(16)8-9-6-4-5-7-10(9)14/h9-11H,3-8,14H2,1-2H3,(H,15,16). The summed E-state index contributed by atoms with van der Waals surface area (Å²) in [6.07, 6.45) is 5.23. The van der Waals surface area contributed by atoms with Gasteiger partial charge in [-0.2, -0.15) is 0 Å². The van der Waals surface area contributed by atoms with Crippen LogP contribution in [0.3, 0.4) is 0 Å². The van der Waals surface area contributed by atoms with E-state index in [0.29, 0.717) is 12.8 Å². The van der Waals surface area contributed by atoms with E-state index in [4.69, 9.17) is 5.73 Å². The molecule has 0 bridgehead atoms. The van der Waals surface area contributed by atoms with Gasteiger partial charge < -0.3 is 15.8 Å². The Bertz CT molecular complexity index is 294. The lowest BCUT2D eigenvalue weighted by atomic mass is 9.83. The summed E-state index contributed by atoms with van der Waals surface area (Å²) in [5.41, 5.74) is 6.00. The molecule has 1 fully saturated rings. The summed E-state index contributed by atoms with van der Waals surface area (Å²) in [7, 11) is 1.33. The number of methoxy groups -OCH3 is 1. The molecule has 3 unspecified atom stereocenters. The molecule has 0 saturated heterocycles. The van der Waals surface area contributed by atoms with Gasteiger partial charge in [-0.25, -0.2) is 4.79 Å². The van der Waals surface area contributed by atoms with Crippen molar-refractivity contribution in [3.8, 4) is 0 Å². The molecule has 0 radical (unpaired) electrons. The second kappa shape index (κ2) is 7.36. The maximum atomic E-state index is 11.9. The second-order valence-corrected chi connectivity index (χ2v) is 4.96. The largest absolute Gasteiger partial charge is 0.467 e. The van der Waals surface area contributed by atoms with Crippen molar-refractivity contribution in [3.63, 3.8) is 0 Å². The fourth-order valence-electron chi connectivity index (χ4n) is 2.45. The minimum atomic E-state index is -0.540. The molecule has 0 aromatic heterocycles. The molecule has 0 spiro atoms. The maximum Gasteiger partial charge on any atom is 0.328 e. The first-order valence-electron chi connectivity index (χ1n) is 6.71. The minimum absolute atomic E-state index is 0.102. The Balaban J connectivity index is 2.42. The van der Waals surface area contributed by atoms with E-state index in [1.54, 1.807) is 0 Å². The number of nitrogens with two attached hydrogens (primary N) is 1. The zero-order valence-corrected chi connectivity index (χ0v) is 11.3. The van der Waals surface area contributed by atoms with Crippen LogP contribution in [0.2, 0.25) is 0 Å². The summed E-state index contributed by atoms with van der Waals surface area (Å²) in [6.45, 7) is 1.84. The van der Waals surface area contributed by atoms with Crippen LogP contribution in [0.15, 0.2) is 0 Å². The molecule has 1 saturated carbocycles. The van der Waals surface area contributed by atoms with Gasteiger partial charge in [0.05, 0.1) is 7.11 Å². The monoisotopic (exact) mass is 256 g/mol. The highest BCUT2D eigenvalue weighted by Crippen LogP contribution is 2.25. The van der Waals surface area contributed by atoms with E-state index in [-0.39, 0.29) is 17.9 Å². The molecule has 1 aliphatic carbocycles. The normalized spacial score (nSPS) is 25.3. The van der Waals surface area contributed by atoms with Crippen molar-refractivity contribution in [2.45, 2.75) is 57.5 Å². The molecule has 18 heavy (non-hydrogen) atoms. The molecule has 0 aromatic rings. The zero-order valence-electron chi connectivity index (χ0n) is 11.3. The number of nitrogens with one attached hydrogen (secondary N) is 1. The van der Waals surface area contributed by atoms with E-state index in [1.807, 2.05) is 6.92 Å². The van der Waals surface area contributed by atoms with E-state index in [1.165, 1.54) is 7.11 Å². The summed E-state index contributed by atoms with van der Waals surface area (Å²) in [5, 5.41) is 2.72. The Morgan fingerprint density at radius 2 is 2.06 bits per heavy atom. The fraction of sp³-hybridized carbons (Fsp3) is 0.846. The van der Waals surface area contributed by atoms with Crippen LogP contribution in [-0.4, -0.2) is 31.1 Å². The van der Waals surface area contributed by atoms with Crippen molar-refractivity contribution >= 4 is 11.9 Å². The molecule has 1 amide bonds. The molecule has 5 nitrogen and oxygen atoms in total. The maximum absolute atomic E-state index is 11.9. The molecule has 1 rings (SSSR count). The van der Waals surface area contributed by atoms with Crippen LogP contribution in [0.4, 0.5) is 0 Å². The van der Waals surface area contributed by atoms with Crippen LogP contribution < -0.4 is 11.1 Å². The van der Waals surface area contributed by atoms with Crippen LogP contribution in [0.1, 0.15) is 45.4 Å². The highest BCUT2D eigenvalue weighted by atomic mass is 16.5. The van der Waals surface area contributed by atoms with Gasteiger partial charge in [0.2, 0.25) is 5.91 Å². The number of carbonyl (C=O) groups excluding carboxylic acids is 2. The van der Waals surface area contributed by atoms with Crippen LogP contribution in [0.5, 0.6) is 0 Å². The Hall–Kier alpha value is -1.10. The lowest BCUT2D eigenvalue weighted by molar-refractivity contribution is -0.145. The van der Waals surface area contributed by atoms with Gasteiger partial charge in [0.15, 0.2) is 0 Å². The third-order valence-electron chi connectivity index (χ3n) is 3.64. The number of rotatable bonds is 5. The number of hydrogen-bond donors (Lipinski definition) is 2. The van der Waals surface area contributed by atoms with Crippen molar-refractivity contribution in [3.05, 3.63) is 0 Å². The number of carbonyl (C=O) groups is 2. The highest BCUT2D eigenvalue weighted by molar-refractivity contribution is 5.84. The molecule has 3 atom stereocenters. The van der Waals surface area contributed by atoms with Crippen molar-refractivity contribution in [1.82, 2.24) is 5.32 Å². The lowest BCUT2D eigenvalue weighted by Crippen LogP contribution is -2.43. The number of esters is 1. The van der Waals surface area contributed by atoms with Crippen LogP contribution in [0, 0.1) is 5.92 Å². The molecule has 0 aliphatic heterocycles. The van der Waals surface area contributed by atoms with Gasteiger partial charge in [-0.15, -0.1) is 0 Å². The second-order valence-electron chi connectivity index (χ2n) is 4.96. The van der Waals surface area contributed by atoms with E-state index in [9.17, 15) is 9.59 Å². The smallest absolute Gasteiger partial charge is 0.328 e. The van der Waals surface area contributed by atoms with E-state index in [2.05, 4.69) is 10.1 Å². The molecule has 0 heterocycles. The molecule has 5 heteroatoms. The third kappa shape index (κ3) is 4.29. The average Bonchev–Trinajstić information content (AvgIpc) is 2.37. The zero-order chi connectivity index (χ0) is 13.5. The average molecular weight is 256 g/mol. The number of hydrogen-bond acceptors (Lipinski definition) is 4. The van der Waals surface area contributed by atoms with Gasteiger partial charge in [0.25, 0.3) is 0 Å². The predicted octanol–water partition coefficient (Wildman–Crippen LogP) is 0.962. The van der Waals surface area contributed by atoms with Gasteiger partial charge in [-0.1, -0.05) is 19.8 Å². The van der Waals surface area contributed by atoms with Gasteiger partial charge >= 0.3 is 5.97 Å². The van der Waals surface area contributed by atoms with Crippen molar-refractivity contribution < 1.29 is 14.3 Å². The predicted molar refractivity (Wildman–Crippen MR) is 68.8 cm³/mol. The highest BCUT2D eigenvalue weighted by Gasteiger charge is 2.26. The quantitative estimate of drug-likeness (QED) is 0.718. The van der Waals surface area contributed by atoms with E-state index >= 15 is 0 Å². The van der Waals surface area contributed by atoms with Crippen molar-refractivity contribution in [2.24, 2.45) is 11.7 Å². The van der Waals surface area contributed by atoms with E-state index in [0.717, 1.165) is 25.7 Å². The summed E-state index contributed by atoms with van der Waals surface area (Å²) in [4.78, 5) is 23.2. The Morgan fingerprint density at radius 1 is 1.39 bits per heavy atom. The molecular formula is C13H24N2O3. The molecule has 1 aliphatic rings. The number of amides is 1. The Morgan fingerprint density at radius 3 is 2.61 bits per heavy atom. The third-order valence-corrected chi connectivity index (χ3v) is 3.64. The van der Waals surface area contributed by atoms with Crippen LogP contribution in [-0.2, 0) is 14.3 Å². The summed E-state index contributed by atoms with van der Waals surface area (Å²) in [5.74, 6) is -0.248. The van der Waals surface area contributed by atoms with Crippen molar-refractivity contribution in [1.29, 1.82) is 0 Å². The molecular weight excluding hydrogens is 232 g/mol. The summed E-state index contributed by atoms with van der Waals surface area (Å²) < 4.78 is 4.64. The van der Waals surface area contributed by atoms with Gasteiger partial charge in [-0.05, 0) is 25.2 Å². The topological polar surface area (TPSA) is 81.4 Å². The first kappa shape index (κ1) is 15.0. The van der Waals surface area contributed by atoms with Gasteiger partial charge in [0, 0.05) is 12.5 Å². The number of ether oxygens (including phenoxy) is 1. The molecule has 104 valence electrons. The lowest BCUT2D eigenvalue weighted by Gasteiger charge is -2.28. The fourth-order valence-corrected chi connectivity index (χ4v) is 2.45. The molecule has 3 N–H and O–H groups in total.